The van der Waals surface area contributed by atoms with Crippen LogP contribution in [0.1, 0.15) is 45.0 Å². The van der Waals surface area contributed by atoms with Crippen LogP contribution in [0.3, 0.4) is 0 Å². The van der Waals surface area contributed by atoms with Crippen molar-refractivity contribution in [2.45, 2.75) is 51.7 Å². The summed E-state index contributed by atoms with van der Waals surface area (Å²) in [7, 11) is -3.70. The van der Waals surface area contributed by atoms with Crippen molar-refractivity contribution in [2.75, 3.05) is 50.8 Å². The van der Waals surface area contributed by atoms with Gasteiger partial charge in [0.1, 0.15) is 11.3 Å². The second-order valence-corrected chi connectivity index (χ2v) is 12.6. The quantitative estimate of drug-likeness (QED) is 0.333. The number of sulfonamides is 1. The third kappa shape index (κ3) is 6.60. The number of aromatic nitrogens is 1. The number of morpholine rings is 1. The predicted octanol–water partition coefficient (Wildman–Crippen LogP) is 4.48. The number of ether oxygens (including phenoxy) is 2. The molecule has 2 atom stereocenters. The first-order valence-electron chi connectivity index (χ1n) is 13.5. The molecule has 0 bridgehead atoms. The fraction of sp³-hybridized carbons (Fsp3) is 0.500. The van der Waals surface area contributed by atoms with Gasteiger partial charge in [-0.3, -0.25) is 9.69 Å². The lowest BCUT2D eigenvalue weighted by Gasteiger charge is -2.34. The van der Waals surface area contributed by atoms with E-state index < -0.39 is 10.0 Å². The molecule has 1 aromatic heterocycles. The summed E-state index contributed by atoms with van der Waals surface area (Å²) in [6.45, 7) is 13.9. The third-order valence-electron chi connectivity index (χ3n) is 6.81. The second-order valence-electron chi connectivity index (χ2n) is 9.62. The van der Waals surface area contributed by atoms with Gasteiger partial charge in [0, 0.05) is 31.7 Å². The lowest BCUT2D eigenvalue weighted by molar-refractivity contribution is -0.0440. The van der Waals surface area contributed by atoms with E-state index in [4.69, 9.17) is 14.5 Å². The second kappa shape index (κ2) is 12.7. The molecule has 1 aliphatic heterocycles. The number of thiazole rings is 1. The number of para-hydroxylation sites is 1. The summed E-state index contributed by atoms with van der Waals surface area (Å²) < 4.78 is 40.4. The summed E-state index contributed by atoms with van der Waals surface area (Å²) >= 11 is 1.44. The number of amides is 1. The van der Waals surface area contributed by atoms with Gasteiger partial charge < -0.3 is 14.4 Å². The Balaban J connectivity index is 1.63. The highest BCUT2D eigenvalue weighted by Crippen LogP contribution is 2.35. The van der Waals surface area contributed by atoms with Gasteiger partial charge in [0.05, 0.1) is 28.4 Å². The average molecular weight is 575 g/mol. The molecule has 212 valence electrons. The molecule has 3 aromatic rings. The van der Waals surface area contributed by atoms with Crippen LogP contribution in [0.2, 0.25) is 0 Å². The van der Waals surface area contributed by atoms with Gasteiger partial charge in [0.15, 0.2) is 5.13 Å². The molecule has 4 rings (SSSR count). The van der Waals surface area contributed by atoms with Crippen molar-refractivity contribution in [2.24, 2.45) is 0 Å². The van der Waals surface area contributed by atoms with Crippen LogP contribution < -0.4 is 9.64 Å². The molecule has 2 heterocycles. The van der Waals surface area contributed by atoms with Gasteiger partial charge in [-0.15, -0.1) is 0 Å². The first-order chi connectivity index (χ1) is 18.7. The zero-order chi connectivity index (χ0) is 28.2. The number of benzene rings is 2. The lowest BCUT2D eigenvalue weighted by atomic mass is 10.2. The summed E-state index contributed by atoms with van der Waals surface area (Å²) in [5, 5.41) is 0.585. The normalized spacial score (nSPS) is 18.5. The molecule has 2 aromatic carbocycles. The number of fused-ring (bicyclic) bond motifs is 1. The van der Waals surface area contributed by atoms with Gasteiger partial charge in [0.25, 0.3) is 5.91 Å². The van der Waals surface area contributed by atoms with Crippen molar-refractivity contribution in [3.63, 3.8) is 0 Å². The van der Waals surface area contributed by atoms with E-state index in [0.717, 1.165) is 23.3 Å². The molecule has 0 saturated carbocycles. The molecule has 0 aliphatic carbocycles. The molecule has 1 aliphatic rings. The van der Waals surface area contributed by atoms with Gasteiger partial charge in [0.2, 0.25) is 10.0 Å². The number of hydrogen-bond acceptors (Lipinski definition) is 8. The van der Waals surface area contributed by atoms with E-state index in [1.54, 1.807) is 17.0 Å². The first-order valence-corrected chi connectivity index (χ1v) is 15.8. The predicted molar refractivity (Wildman–Crippen MR) is 155 cm³/mol. The van der Waals surface area contributed by atoms with E-state index in [1.165, 1.54) is 27.8 Å². The number of carbonyl (C=O) groups is 1. The summed E-state index contributed by atoms with van der Waals surface area (Å²) in [6, 6.07) is 12.0. The smallest absolute Gasteiger partial charge is 0.260 e. The van der Waals surface area contributed by atoms with Crippen LogP contribution in [0.25, 0.3) is 10.2 Å². The molecule has 39 heavy (non-hydrogen) atoms. The molecule has 1 fully saturated rings. The highest BCUT2D eigenvalue weighted by Gasteiger charge is 2.32. The third-order valence-corrected chi connectivity index (χ3v) is 9.70. The van der Waals surface area contributed by atoms with Crippen LogP contribution in [0.5, 0.6) is 5.75 Å². The highest BCUT2D eigenvalue weighted by molar-refractivity contribution is 7.89. The molecule has 1 saturated heterocycles. The van der Waals surface area contributed by atoms with Gasteiger partial charge in [-0.2, -0.15) is 4.31 Å². The number of anilines is 1. The molecule has 2 unspecified atom stereocenters. The fourth-order valence-corrected chi connectivity index (χ4v) is 7.36. The molecule has 1 amide bonds. The van der Waals surface area contributed by atoms with E-state index in [9.17, 15) is 13.2 Å². The molecule has 11 heteroatoms. The Labute approximate surface area is 235 Å². The van der Waals surface area contributed by atoms with Crippen LogP contribution in [0.4, 0.5) is 5.13 Å². The summed E-state index contributed by atoms with van der Waals surface area (Å²) in [5.41, 5.74) is 1.14. The molecule has 0 N–H and O–H groups in total. The van der Waals surface area contributed by atoms with Crippen LogP contribution in [0.15, 0.2) is 47.4 Å². The van der Waals surface area contributed by atoms with Gasteiger partial charge in [-0.25, -0.2) is 13.4 Å². The highest BCUT2D eigenvalue weighted by atomic mass is 32.2. The Kier molecular flexibility index (Phi) is 9.60. The monoisotopic (exact) mass is 574 g/mol. The summed E-state index contributed by atoms with van der Waals surface area (Å²) in [5.74, 6) is 0.465. The van der Waals surface area contributed by atoms with Crippen molar-refractivity contribution in [1.29, 1.82) is 0 Å². The summed E-state index contributed by atoms with van der Waals surface area (Å²) in [4.78, 5) is 22.7. The number of likely N-dealkylation sites (N-methyl/N-ethyl adjacent to an activating group) is 1. The number of nitrogens with zero attached hydrogens (tertiary/aromatic N) is 4. The van der Waals surface area contributed by atoms with Crippen molar-refractivity contribution in [1.82, 2.24) is 14.2 Å². The van der Waals surface area contributed by atoms with E-state index in [-0.39, 0.29) is 23.0 Å². The summed E-state index contributed by atoms with van der Waals surface area (Å²) in [6.07, 6.45) is -0.360. The SMILES string of the molecule is CCOc1cccc2sc(N(CCN(CC)CC)C(=O)c3ccc(S(=O)(=O)N4CC(C)OC(C)C4)cc3)nc12. The molecule has 0 radical (unpaired) electrons. The number of hydrogen-bond donors (Lipinski definition) is 0. The van der Waals surface area contributed by atoms with Crippen LogP contribution in [-0.2, 0) is 14.8 Å². The minimum Gasteiger partial charge on any atom is -0.492 e. The fourth-order valence-electron chi connectivity index (χ4n) is 4.77. The van der Waals surface area contributed by atoms with E-state index >= 15 is 0 Å². The maximum Gasteiger partial charge on any atom is 0.260 e. The van der Waals surface area contributed by atoms with E-state index in [0.29, 0.717) is 49.2 Å². The lowest BCUT2D eigenvalue weighted by Crippen LogP contribution is -2.48. The molecular formula is C28H38N4O5S2. The number of rotatable bonds is 11. The van der Waals surface area contributed by atoms with Crippen LogP contribution in [0, 0.1) is 0 Å². The first kappa shape index (κ1) is 29.4. The van der Waals surface area contributed by atoms with Crippen LogP contribution in [-0.4, -0.2) is 86.6 Å². The van der Waals surface area contributed by atoms with E-state index in [1.807, 2.05) is 39.0 Å². The zero-order valence-corrected chi connectivity index (χ0v) is 24.9. The Hall–Kier alpha value is -2.57. The van der Waals surface area contributed by atoms with Gasteiger partial charge in [-0.1, -0.05) is 31.3 Å². The Morgan fingerprint density at radius 2 is 1.72 bits per heavy atom. The maximum absolute atomic E-state index is 13.8. The largest absolute Gasteiger partial charge is 0.492 e. The topological polar surface area (TPSA) is 92.3 Å². The van der Waals surface area contributed by atoms with Crippen LogP contribution >= 0.6 is 11.3 Å². The van der Waals surface area contributed by atoms with Gasteiger partial charge in [-0.05, 0) is 70.3 Å². The minimum absolute atomic E-state index is 0.163. The Morgan fingerprint density at radius 3 is 2.33 bits per heavy atom. The van der Waals surface area contributed by atoms with Crippen molar-refractivity contribution in [3.8, 4) is 5.75 Å². The Morgan fingerprint density at radius 1 is 1.05 bits per heavy atom. The zero-order valence-electron chi connectivity index (χ0n) is 23.3. The van der Waals surface area contributed by atoms with Gasteiger partial charge >= 0.3 is 0 Å². The van der Waals surface area contributed by atoms with Crippen molar-refractivity contribution < 1.29 is 22.7 Å². The maximum atomic E-state index is 13.8. The molecule has 0 spiro atoms. The Bertz CT molecular complexity index is 1360. The minimum atomic E-state index is -3.70. The van der Waals surface area contributed by atoms with Crippen molar-refractivity contribution in [3.05, 3.63) is 48.0 Å². The van der Waals surface area contributed by atoms with E-state index in [2.05, 4.69) is 18.7 Å². The molecule has 9 nitrogen and oxygen atoms in total. The standard InChI is InChI=1S/C28H38N4O5S2/c1-6-30(7-2)16-17-32(28-29-26-24(36-8-3)10-9-11-25(26)38-28)27(33)22-12-14-23(15-13-22)39(34,35)31-18-20(4)37-21(5)19-31/h9-15,20-21H,6-8,16-19H2,1-5H3. The van der Waals surface area contributed by atoms with Crippen molar-refractivity contribution >= 4 is 42.6 Å². The molecular weight excluding hydrogens is 536 g/mol. The number of carbonyl (C=O) groups excluding carboxylic acids is 1. The average Bonchev–Trinajstić information content (AvgIpc) is 3.35.